The molecule has 2 fully saturated rings. The number of hydrogen-bond donors (Lipinski definition) is 1. The van der Waals surface area contributed by atoms with Gasteiger partial charge in [0.05, 0.1) is 0 Å². The van der Waals surface area contributed by atoms with E-state index in [1.807, 2.05) is 9.80 Å². The molecular formula is C11H21N3O. The Bertz CT molecular complexity index is 226. The van der Waals surface area contributed by atoms with Gasteiger partial charge in [-0.2, -0.15) is 0 Å². The molecule has 0 aromatic heterocycles. The molecule has 2 aliphatic heterocycles. The van der Waals surface area contributed by atoms with E-state index in [9.17, 15) is 4.79 Å². The van der Waals surface area contributed by atoms with Crippen molar-refractivity contribution >= 4 is 6.03 Å². The number of carbonyl (C=O) groups excluding carboxylic acids is 1. The van der Waals surface area contributed by atoms with Crippen LogP contribution in [0.25, 0.3) is 0 Å². The van der Waals surface area contributed by atoms with Crippen LogP contribution < -0.4 is 5.32 Å². The molecule has 2 amide bonds. The van der Waals surface area contributed by atoms with Crippen molar-refractivity contribution in [2.24, 2.45) is 0 Å². The number of nitrogens with zero attached hydrogens (tertiary/aromatic N) is 2. The van der Waals surface area contributed by atoms with E-state index in [2.05, 4.69) is 12.2 Å². The van der Waals surface area contributed by atoms with Gasteiger partial charge in [-0.25, -0.2) is 4.79 Å². The van der Waals surface area contributed by atoms with Crippen LogP contribution in [-0.4, -0.2) is 54.6 Å². The van der Waals surface area contributed by atoms with E-state index in [0.717, 1.165) is 39.1 Å². The van der Waals surface area contributed by atoms with Crippen LogP contribution in [0.15, 0.2) is 0 Å². The second kappa shape index (κ2) is 4.84. The molecule has 0 saturated carbocycles. The Hall–Kier alpha value is -0.770. The fourth-order valence-electron chi connectivity index (χ4n) is 2.46. The summed E-state index contributed by atoms with van der Waals surface area (Å²) in [5.41, 5.74) is 0. The molecule has 1 atom stereocenters. The van der Waals surface area contributed by atoms with Crippen molar-refractivity contribution in [3.8, 4) is 0 Å². The maximum absolute atomic E-state index is 11.9. The van der Waals surface area contributed by atoms with Crippen LogP contribution in [0.2, 0.25) is 0 Å². The van der Waals surface area contributed by atoms with E-state index in [1.165, 1.54) is 12.8 Å². The Morgan fingerprint density at radius 3 is 2.87 bits per heavy atom. The molecule has 1 unspecified atom stereocenters. The van der Waals surface area contributed by atoms with Gasteiger partial charge in [-0.1, -0.05) is 6.92 Å². The van der Waals surface area contributed by atoms with Crippen LogP contribution in [0, 0.1) is 0 Å². The summed E-state index contributed by atoms with van der Waals surface area (Å²) in [4.78, 5) is 15.9. The number of carbonyl (C=O) groups is 1. The molecule has 0 spiro atoms. The highest BCUT2D eigenvalue weighted by atomic mass is 16.2. The van der Waals surface area contributed by atoms with Gasteiger partial charge < -0.3 is 15.1 Å². The third-order valence-corrected chi connectivity index (χ3v) is 3.28. The van der Waals surface area contributed by atoms with Crippen LogP contribution in [0.1, 0.15) is 26.2 Å². The summed E-state index contributed by atoms with van der Waals surface area (Å²) in [6.07, 6.45) is 3.53. The molecule has 2 rings (SSSR count). The Morgan fingerprint density at radius 1 is 1.40 bits per heavy atom. The van der Waals surface area contributed by atoms with Crippen LogP contribution in [0.3, 0.4) is 0 Å². The van der Waals surface area contributed by atoms with Crippen molar-refractivity contribution in [3.63, 3.8) is 0 Å². The molecule has 86 valence electrons. The standard InChI is InChI=1S/C11H21N3O/c1-2-6-13-7-8-14(11(13)15)9-10-4-3-5-12-10/h10,12H,2-9H2,1H3. The SMILES string of the molecule is CCCN1CCN(CC2CCCN2)C1=O. The average molecular weight is 211 g/mol. The first-order valence-electron chi connectivity index (χ1n) is 6.08. The Balaban J connectivity index is 1.81. The molecule has 15 heavy (non-hydrogen) atoms. The van der Waals surface area contributed by atoms with Crippen LogP contribution in [0.4, 0.5) is 4.79 Å². The lowest BCUT2D eigenvalue weighted by atomic mass is 10.2. The minimum absolute atomic E-state index is 0.241. The van der Waals surface area contributed by atoms with Crippen molar-refractivity contribution in [1.29, 1.82) is 0 Å². The third-order valence-electron chi connectivity index (χ3n) is 3.28. The second-order valence-corrected chi connectivity index (χ2v) is 4.51. The number of amides is 2. The van der Waals surface area contributed by atoms with Gasteiger partial charge in [0, 0.05) is 32.2 Å². The molecule has 0 aromatic rings. The summed E-state index contributed by atoms with van der Waals surface area (Å²) in [5.74, 6) is 0. The first-order chi connectivity index (χ1) is 7.31. The van der Waals surface area contributed by atoms with Gasteiger partial charge in [-0.05, 0) is 25.8 Å². The summed E-state index contributed by atoms with van der Waals surface area (Å²) in [6, 6.07) is 0.779. The van der Waals surface area contributed by atoms with Crippen molar-refractivity contribution in [2.45, 2.75) is 32.2 Å². The second-order valence-electron chi connectivity index (χ2n) is 4.51. The van der Waals surface area contributed by atoms with Gasteiger partial charge in [-0.15, -0.1) is 0 Å². The lowest BCUT2D eigenvalue weighted by Crippen LogP contribution is -2.40. The number of rotatable bonds is 4. The molecule has 2 saturated heterocycles. The van der Waals surface area contributed by atoms with E-state index in [0.29, 0.717) is 6.04 Å². The zero-order chi connectivity index (χ0) is 10.7. The molecule has 0 aromatic carbocycles. The molecule has 2 heterocycles. The number of nitrogens with one attached hydrogen (secondary N) is 1. The molecule has 2 aliphatic rings. The van der Waals surface area contributed by atoms with Gasteiger partial charge in [0.1, 0.15) is 0 Å². The van der Waals surface area contributed by atoms with Gasteiger partial charge >= 0.3 is 6.03 Å². The maximum atomic E-state index is 11.9. The summed E-state index contributed by atoms with van der Waals surface area (Å²) >= 11 is 0. The van der Waals surface area contributed by atoms with E-state index in [4.69, 9.17) is 0 Å². The Morgan fingerprint density at radius 2 is 2.20 bits per heavy atom. The zero-order valence-corrected chi connectivity index (χ0v) is 9.54. The van der Waals surface area contributed by atoms with Gasteiger partial charge in [0.15, 0.2) is 0 Å². The largest absolute Gasteiger partial charge is 0.323 e. The Labute approximate surface area is 91.6 Å². The summed E-state index contributed by atoms with van der Waals surface area (Å²) in [5, 5.41) is 3.44. The smallest absolute Gasteiger partial charge is 0.320 e. The average Bonchev–Trinajstić information content (AvgIpc) is 2.83. The monoisotopic (exact) mass is 211 g/mol. The first kappa shape index (κ1) is 10.7. The van der Waals surface area contributed by atoms with Crippen molar-refractivity contribution in [1.82, 2.24) is 15.1 Å². The third kappa shape index (κ3) is 2.43. The van der Waals surface area contributed by atoms with Crippen LogP contribution >= 0.6 is 0 Å². The van der Waals surface area contributed by atoms with E-state index in [-0.39, 0.29) is 6.03 Å². The van der Waals surface area contributed by atoms with Crippen LogP contribution in [-0.2, 0) is 0 Å². The van der Waals surface area contributed by atoms with E-state index >= 15 is 0 Å². The highest BCUT2D eigenvalue weighted by molar-refractivity contribution is 5.76. The van der Waals surface area contributed by atoms with E-state index in [1.54, 1.807) is 0 Å². The fraction of sp³-hybridized carbons (Fsp3) is 0.909. The minimum atomic E-state index is 0.241. The van der Waals surface area contributed by atoms with Gasteiger partial charge in [-0.3, -0.25) is 0 Å². The Kier molecular flexibility index (Phi) is 3.46. The van der Waals surface area contributed by atoms with Crippen molar-refractivity contribution in [3.05, 3.63) is 0 Å². The minimum Gasteiger partial charge on any atom is -0.323 e. The molecule has 0 radical (unpaired) electrons. The number of hydrogen-bond acceptors (Lipinski definition) is 2. The quantitative estimate of drug-likeness (QED) is 0.749. The molecule has 4 nitrogen and oxygen atoms in total. The first-order valence-corrected chi connectivity index (χ1v) is 6.08. The lowest BCUT2D eigenvalue weighted by Gasteiger charge is -2.21. The zero-order valence-electron chi connectivity index (χ0n) is 9.54. The van der Waals surface area contributed by atoms with Crippen molar-refractivity contribution < 1.29 is 4.79 Å². The molecular weight excluding hydrogens is 190 g/mol. The highest BCUT2D eigenvalue weighted by Crippen LogP contribution is 2.13. The molecule has 4 heteroatoms. The summed E-state index contributed by atoms with van der Waals surface area (Å²) in [6.45, 7) is 6.88. The molecule has 0 aliphatic carbocycles. The number of urea groups is 1. The van der Waals surface area contributed by atoms with Gasteiger partial charge in [0.25, 0.3) is 0 Å². The van der Waals surface area contributed by atoms with Crippen molar-refractivity contribution in [2.75, 3.05) is 32.7 Å². The topological polar surface area (TPSA) is 35.6 Å². The molecule has 1 N–H and O–H groups in total. The lowest BCUT2D eigenvalue weighted by molar-refractivity contribution is 0.189. The maximum Gasteiger partial charge on any atom is 0.320 e. The predicted molar refractivity (Wildman–Crippen MR) is 59.9 cm³/mol. The van der Waals surface area contributed by atoms with Gasteiger partial charge in [0.2, 0.25) is 0 Å². The summed E-state index contributed by atoms with van der Waals surface area (Å²) < 4.78 is 0. The highest BCUT2D eigenvalue weighted by Gasteiger charge is 2.29. The van der Waals surface area contributed by atoms with E-state index < -0.39 is 0 Å². The summed E-state index contributed by atoms with van der Waals surface area (Å²) in [7, 11) is 0. The fourth-order valence-corrected chi connectivity index (χ4v) is 2.46. The van der Waals surface area contributed by atoms with Crippen LogP contribution in [0.5, 0.6) is 0 Å². The predicted octanol–water partition coefficient (Wildman–Crippen LogP) is 0.886. The molecule has 0 bridgehead atoms. The normalized spacial score (nSPS) is 26.7.